The van der Waals surface area contributed by atoms with Crippen molar-refractivity contribution in [3.63, 3.8) is 0 Å². The van der Waals surface area contributed by atoms with Gasteiger partial charge in [-0.1, -0.05) is 12.1 Å². The van der Waals surface area contributed by atoms with Crippen LogP contribution in [-0.4, -0.2) is 44.1 Å². The molecule has 5 rings (SSSR count). The fourth-order valence-corrected chi connectivity index (χ4v) is 4.71. The Bertz CT molecular complexity index is 1490. The van der Waals surface area contributed by atoms with Gasteiger partial charge in [0, 0.05) is 50.7 Å². The van der Waals surface area contributed by atoms with Crippen LogP contribution in [-0.2, 0) is 26.2 Å². The minimum Gasteiger partial charge on any atom is -0.508 e. The molecule has 0 saturated carbocycles. The van der Waals surface area contributed by atoms with Crippen molar-refractivity contribution in [3.05, 3.63) is 106 Å². The summed E-state index contributed by atoms with van der Waals surface area (Å²) in [4.78, 5) is 26.7. The zero-order valence-corrected chi connectivity index (χ0v) is 20.8. The third-order valence-electron chi connectivity index (χ3n) is 6.21. The Morgan fingerprint density at radius 2 is 1.16 bits per heavy atom. The normalized spacial score (nSPS) is 11.7. The molecule has 188 valence electrons. The lowest BCUT2D eigenvalue weighted by Crippen LogP contribution is -2.21. The Hall–Kier alpha value is -4.27. The summed E-state index contributed by atoms with van der Waals surface area (Å²) < 4.78 is 6.09. The lowest BCUT2D eigenvalue weighted by atomic mass is 10.0. The fraction of sp³-hybridized carbons (Fsp3) is 0.207. The molecule has 0 aliphatic carbocycles. The van der Waals surface area contributed by atoms with Crippen molar-refractivity contribution >= 4 is 21.9 Å². The minimum absolute atomic E-state index is 0.00621. The van der Waals surface area contributed by atoms with Crippen molar-refractivity contribution in [2.45, 2.75) is 26.2 Å². The molecule has 5 aromatic rings. The van der Waals surface area contributed by atoms with Gasteiger partial charge in [-0.25, -0.2) is 0 Å². The summed E-state index contributed by atoms with van der Waals surface area (Å²) in [6, 6.07) is 17.6. The number of phenols is 2. The van der Waals surface area contributed by atoms with E-state index < -0.39 is 0 Å². The molecule has 2 aromatic carbocycles. The molecular weight excluding hydrogens is 468 g/mol. The first-order chi connectivity index (χ1) is 17.9. The number of aromatic nitrogens is 2. The quantitative estimate of drug-likeness (QED) is 0.305. The van der Waals surface area contributed by atoms with E-state index in [0.717, 1.165) is 11.4 Å². The van der Waals surface area contributed by atoms with Gasteiger partial charge in [-0.15, -0.1) is 0 Å². The average molecular weight is 497 g/mol. The molecule has 0 amide bonds. The number of pyridine rings is 2. The van der Waals surface area contributed by atoms with Crippen LogP contribution in [0.2, 0.25) is 0 Å². The zero-order valence-electron chi connectivity index (χ0n) is 20.8. The molecule has 0 atom stereocenters. The fourth-order valence-electron chi connectivity index (χ4n) is 4.71. The first-order valence-electron chi connectivity index (χ1n) is 12.0. The number of rotatable bonds is 8. The second kappa shape index (κ2) is 10.4. The van der Waals surface area contributed by atoms with Gasteiger partial charge in [-0.05, 0) is 61.6 Å². The molecule has 0 radical (unpaired) electrons. The third-order valence-corrected chi connectivity index (χ3v) is 6.21. The molecule has 3 aromatic heterocycles. The number of phenolic OH excluding ortho intramolecular Hbond substituents is 2. The van der Waals surface area contributed by atoms with Gasteiger partial charge in [0.1, 0.15) is 22.7 Å². The van der Waals surface area contributed by atoms with Gasteiger partial charge in [0.15, 0.2) is 0 Å². The molecule has 0 fully saturated rings. The van der Waals surface area contributed by atoms with E-state index in [0.29, 0.717) is 48.1 Å². The summed E-state index contributed by atoms with van der Waals surface area (Å²) in [5, 5.41) is 21.6. The molecule has 8 heteroatoms. The van der Waals surface area contributed by atoms with E-state index in [1.807, 2.05) is 60.3 Å². The van der Waals surface area contributed by atoms with Gasteiger partial charge < -0.3 is 14.6 Å². The van der Waals surface area contributed by atoms with Crippen molar-refractivity contribution in [1.82, 2.24) is 19.8 Å². The molecule has 0 unspecified atom stereocenters. The van der Waals surface area contributed by atoms with Crippen LogP contribution in [0.25, 0.3) is 21.9 Å². The molecule has 0 aliphatic heterocycles. The van der Waals surface area contributed by atoms with Gasteiger partial charge in [0.25, 0.3) is 0 Å². The van der Waals surface area contributed by atoms with E-state index in [4.69, 9.17) is 4.42 Å². The van der Waals surface area contributed by atoms with Gasteiger partial charge in [-0.2, -0.15) is 0 Å². The Balaban J connectivity index is 1.55. The Kier molecular flexibility index (Phi) is 6.85. The van der Waals surface area contributed by atoms with Crippen LogP contribution in [0, 0.1) is 0 Å². The van der Waals surface area contributed by atoms with E-state index in [-0.39, 0.29) is 28.1 Å². The number of aromatic hydroxyl groups is 2. The predicted octanol–water partition coefficient (Wildman–Crippen LogP) is 4.41. The Labute approximate surface area is 214 Å². The maximum Gasteiger partial charge on any atom is 0.201 e. The number of hydrogen-bond acceptors (Lipinski definition) is 8. The van der Waals surface area contributed by atoms with Crippen LogP contribution < -0.4 is 5.43 Å². The van der Waals surface area contributed by atoms with E-state index in [2.05, 4.69) is 9.97 Å². The molecule has 0 saturated heterocycles. The highest BCUT2D eigenvalue weighted by Gasteiger charge is 2.19. The monoisotopic (exact) mass is 496 g/mol. The van der Waals surface area contributed by atoms with Crippen molar-refractivity contribution < 1.29 is 14.6 Å². The van der Waals surface area contributed by atoms with Crippen molar-refractivity contribution in [2.24, 2.45) is 0 Å². The van der Waals surface area contributed by atoms with Crippen LogP contribution in [0.15, 0.2) is 82.3 Å². The highest BCUT2D eigenvalue weighted by atomic mass is 16.3. The van der Waals surface area contributed by atoms with E-state index >= 15 is 0 Å². The molecular formula is C29H28N4O4. The smallest absolute Gasteiger partial charge is 0.201 e. The van der Waals surface area contributed by atoms with Crippen LogP contribution >= 0.6 is 0 Å². The van der Waals surface area contributed by atoms with Crippen molar-refractivity contribution in [1.29, 1.82) is 0 Å². The molecule has 37 heavy (non-hydrogen) atoms. The second-order valence-electron chi connectivity index (χ2n) is 9.37. The van der Waals surface area contributed by atoms with Gasteiger partial charge >= 0.3 is 0 Å². The van der Waals surface area contributed by atoms with E-state index in [9.17, 15) is 15.0 Å². The van der Waals surface area contributed by atoms with E-state index in [1.165, 1.54) is 12.1 Å². The van der Waals surface area contributed by atoms with E-state index in [1.54, 1.807) is 24.5 Å². The summed E-state index contributed by atoms with van der Waals surface area (Å²) in [5.74, 6) is 0.0124. The zero-order chi connectivity index (χ0) is 25.9. The standard InChI is InChI=1S/C29H28N4O4/c1-32(17-21-7-3-5-9-30-21)15-19-11-23(34)13-25-27(19)29(36)28-20(12-24(35)14-26(28)37-25)16-33(2)18-22-8-4-6-10-31-22/h3-14,34-35H,15-18H2,1-2H3. The van der Waals surface area contributed by atoms with Crippen LogP contribution in [0.4, 0.5) is 0 Å². The summed E-state index contributed by atoms with van der Waals surface area (Å²) in [7, 11) is 3.87. The molecule has 3 heterocycles. The second-order valence-corrected chi connectivity index (χ2v) is 9.37. The lowest BCUT2D eigenvalue weighted by molar-refractivity contribution is 0.315. The number of benzene rings is 2. The van der Waals surface area contributed by atoms with Crippen LogP contribution in [0.3, 0.4) is 0 Å². The summed E-state index contributed by atoms with van der Waals surface area (Å²) in [6.45, 7) is 1.97. The molecule has 8 nitrogen and oxygen atoms in total. The van der Waals surface area contributed by atoms with Crippen LogP contribution in [0.1, 0.15) is 22.5 Å². The maximum atomic E-state index is 13.9. The number of hydrogen-bond donors (Lipinski definition) is 2. The highest BCUT2D eigenvalue weighted by molar-refractivity contribution is 5.94. The number of nitrogens with zero attached hydrogens (tertiary/aromatic N) is 4. The number of fused-ring (bicyclic) bond motifs is 2. The first-order valence-corrected chi connectivity index (χ1v) is 12.0. The Morgan fingerprint density at radius 1 is 0.703 bits per heavy atom. The highest BCUT2D eigenvalue weighted by Crippen LogP contribution is 2.31. The summed E-state index contributed by atoms with van der Waals surface area (Å²) in [6.07, 6.45) is 3.49. The van der Waals surface area contributed by atoms with Gasteiger partial charge in [0.2, 0.25) is 5.43 Å². The predicted molar refractivity (Wildman–Crippen MR) is 142 cm³/mol. The van der Waals surface area contributed by atoms with Gasteiger partial charge in [-0.3, -0.25) is 24.6 Å². The van der Waals surface area contributed by atoms with Crippen molar-refractivity contribution in [3.8, 4) is 11.5 Å². The average Bonchev–Trinajstić information content (AvgIpc) is 2.84. The maximum absolute atomic E-state index is 13.9. The first kappa shape index (κ1) is 24.4. The van der Waals surface area contributed by atoms with Gasteiger partial charge in [0.05, 0.1) is 22.2 Å². The summed E-state index contributed by atoms with van der Waals surface area (Å²) >= 11 is 0. The largest absolute Gasteiger partial charge is 0.508 e. The minimum atomic E-state index is -0.196. The molecule has 0 aliphatic rings. The topological polar surface area (TPSA) is 103 Å². The van der Waals surface area contributed by atoms with Crippen molar-refractivity contribution in [2.75, 3.05) is 14.1 Å². The third kappa shape index (κ3) is 5.45. The van der Waals surface area contributed by atoms with Crippen LogP contribution in [0.5, 0.6) is 11.5 Å². The molecule has 0 spiro atoms. The SMILES string of the molecule is CN(Cc1ccccn1)Cc1cc(O)cc2oc3cc(O)cc(CN(C)Cc4ccccn4)c3c(=O)c12. The Morgan fingerprint density at radius 3 is 1.57 bits per heavy atom. The molecule has 2 N–H and O–H groups in total. The molecule has 0 bridgehead atoms. The summed E-state index contributed by atoms with van der Waals surface area (Å²) in [5.41, 5.74) is 3.48. The lowest BCUT2D eigenvalue weighted by Gasteiger charge is -2.19.